The Morgan fingerprint density at radius 2 is 2.04 bits per heavy atom. The second kappa shape index (κ2) is 8.20. The maximum Gasteiger partial charge on any atom is 0.234 e. The van der Waals surface area contributed by atoms with E-state index >= 15 is 0 Å². The predicted octanol–water partition coefficient (Wildman–Crippen LogP) is 5.12. The number of pyridine rings is 2. The van der Waals surface area contributed by atoms with Gasteiger partial charge >= 0.3 is 0 Å². The van der Waals surface area contributed by atoms with Crippen molar-refractivity contribution in [1.29, 1.82) is 0 Å². The number of aromatic nitrogens is 2. The third kappa shape index (κ3) is 4.05. The fourth-order valence-electron chi connectivity index (χ4n) is 4.15. The molecule has 144 valence electrons. The van der Waals surface area contributed by atoms with Crippen LogP contribution in [0.5, 0.6) is 0 Å². The maximum absolute atomic E-state index is 11.3. The summed E-state index contributed by atoms with van der Waals surface area (Å²) in [4.78, 5) is 20.3. The Balaban J connectivity index is 2.19. The van der Waals surface area contributed by atoms with Gasteiger partial charge in [-0.3, -0.25) is 9.78 Å². The Kier molecular flexibility index (Phi) is 5.93. The molecule has 2 heterocycles. The predicted molar refractivity (Wildman–Crippen MR) is 111 cm³/mol. The van der Waals surface area contributed by atoms with Gasteiger partial charge in [0.05, 0.1) is 0 Å². The van der Waals surface area contributed by atoms with Crippen LogP contribution in [0.3, 0.4) is 0 Å². The second-order valence-corrected chi connectivity index (χ2v) is 8.35. The van der Waals surface area contributed by atoms with Gasteiger partial charge in [-0.2, -0.15) is 4.99 Å². The number of hydrogen-bond acceptors (Lipinski definition) is 2. The molecule has 0 radical (unpaired) electrons. The van der Waals surface area contributed by atoms with Crippen LogP contribution in [-0.4, -0.2) is 16.0 Å². The number of allylic oxidation sites excluding steroid dienone is 2. The molecule has 27 heavy (non-hydrogen) atoms. The van der Waals surface area contributed by atoms with Crippen molar-refractivity contribution in [2.75, 3.05) is 0 Å². The smallest absolute Gasteiger partial charge is 0.234 e. The van der Waals surface area contributed by atoms with Crippen molar-refractivity contribution in [2.24, 2.45) is 16.3 Å². The number of hydrogen-bond donors (Lipinski definition) is 0. The summed E-state index contributed by atoms with van der Waals surface area (Å²) in [6, 6.07) is 4.13. The molecule has 1 fully saturated rings. The Hall–Kier alpha value is -2.23. The lowest BCUT2D eigenvalue weighted by Gasteiger charge is -2.23. The van der Waals surface area contributed by atoms with E-state index in [0.29, 0.717) is 12.3 Å². The minimum absolute atomic E-state index is 0.188. The largest absolute Gasteiger partial charge is 0.305 e. The topological polar surface area (TPSA) is 47.2 Å². The third-order valence-electron chi connectivity index (χ3n) is 6.06. The Morgan fingerprint density at radius 1 is 1.30 bits per heavy atom. The van der Waals surface area contributed by atoms with Gasteiger partial charge in [0.1, 0.15) is 5.49 Å². The normalized spacial score (nSPS) is 17.0. The fraction of sp³-hybridized carbons (Fsp3) is 0.522. The van der Waals surface area contributed by atoms with E-state index in [1.807, 2.05) is 12.3 Å². The van der Waals surface area contributed by atoms with Gasteiger partial charge in [-0.05, 0) is 49.7 Å². The van der Waals surface area contributed by atoms with Crippen LogP contribution in [0.1, 0.15) is 65.5 Å². The van der Waals surface area contributed by atoms with Crippen LogP contribution in [0.2, 0.25) is 0 Å². The fourth-order valence-corrected chi connectivity index (χ4v) is 4.15. The molecular formula is C23H31N3O. The molecular weight excluding hydrogens is 334 g/mol. The van der Waals surface area contributed by atoms with Gasteiger partial charge < -0.3 is 4.57 Å². The number of rotatable bonds is 6. The molecule has 0 spiro atoms. The molecule has 1 saturated carbocycles. The lowest BCUT2D eigenvalue weighted by Crippen LogP contribution is -2.24. The van der Waals surface area contributed by atoms with E-state index in [2.05, 4.69) is 60.6 Å². The average Bonchev–Trinajstić information content (AvgIpc) is 3.18. The lowest BCUT2D eigenvalue weighted by molar-refractivity contribution is -0.107. The van der Waals surface area contributed by atoms with Crippen molar-refractivity contribution < 1.29 is 4.79 Å². The Morgan fingerprint density at radius 3 is 2.67 bits per heavy atom. The highest BCUT2D eigenvalue weighted by atomic mass is 16.1. The highest BCUT2D eigenvalue weighted by Crippen LogP contribution is 2.33. The summed E-state index contributed by atoms with van der Waals surface area (Å²) < 4.78 is 2.11. The zero-order valence-corrected chi connectivity index (χ0v) is 17.0. The van der Waals surface area contributed by atoms with Crippen molar-refractivity contribution in [3.05, 3.63) is 41.8 Å². The third-order valence-corrected chi connectivity index (χ3v) is 6.06. The SMILES string of the molecule is C/C=C(/C1CCCC1)n1ccc2c(CC(C)(C)CC)nccc2c1=NC=O. The summed E-state index contributed by atoms with van der Waals surface area (Å²) >= 11 is 0. The van der Waals surface area contributed by atoms with Gasteiger partial charge in [0.25, 0.3) is 0 Å². The standard InChI is InChI=1S/C23H31N3O/c1-5-21(17-9-7-8-10-17)26-14-12-18-19(22(26)25-16-27)11-13-24-20(18)15-23(3,4)6-2/h5,11-14,16-17H,6-10,15H2,1-4H3/b21-5-,25-22?. The Bertz CT molecular complexity index is 915. The van der Waals surface area contributed by atoms with Crippen molar-refractivity contribution in [3.63, 3.8) is 0 Å². The van der Waals surface area contributed by atoms with E-state index in [0.717, 1.165) is 34.8 Å². The molecule has 1 aliphatic rings. The molecule has 4 heteroatoms. The van der Waals surface area contributed by atoms with Crippen LogP contribution < -0.4 is 5.49 Å². The molecule has 0 bridgehead atoms. The van der Waals surface area contributed by atoms with E-state index in [1.54, 1.807) is 0 Å². The first-order valence-electron chi connectivity index (χ1n) is 10.1. The van der Waals surface area contributed by atoms with Crippen LogP contribution in [0, 0.1) is 11.3 Å². The number of nitrogens with zero attached hydrogens (tertiary/aromatic N) is 3. The summed E-state index contributed by atoms with van der Waals surface area (Å²) in [7, 11) is 0. The molecule has 3 rings (SSSR count). The van der Waals surface area contributed by atoms with Crippen LogP contribution in [0.4, 0.5) is 0 Å². The van der Waals surface area contributed by atoms with Gasteiger partial charge in [0.15, 0.2) is 0 Å². The molecule has 0 saturated heterocycles. The molecule has 0 atom stereocenters. The minimum Gasteiger partial charge on any atom is -0.305 e. The molecule has 0 aromatic carbocycles. The highest BCUT2D eigenvalue weighted by Gasteiger charge is 2.22. The van der Waals surface area contributed by atoms with Crippen LogP contribution in [-0.2, 0) is 11.2 Å². The molecule has 2 aromatic heterocycles. The van der Waals surface area contributed by atoms with Gasteiger partial charge in [0.2, 0.25) is 6.41 Å². The van der Waals surface area contributed by atoms with E-state index in [4.69, 9.17) is 0 Å². The summed E-state index contributed by atoms with van der Waals surface area (Å²) in [5, 5.41) is 2.09. The van der Waals surface area contributed by atoms with Gasteiger partial charge in [0, 0.05) is 34.6 Å². The quantitative estimate of drug-likeness (QED) is 0.667. The summed E-state index contributed by atoms with van der Waals surface area (Å²) in [6.07, 6.45) is 13.7. The van der Waals surface area contributed by atoms with Crippen LogP contribution in [0.25, 0.3) is 16.5 Å². The van der Waals surface area contributed by atoms with Gasteiger partial charge in [-0.1, -0.05) is 46.1 Å². The molecule has 1 aliphatic carbocycles. The number of carbonyl (C=O) groups excluding carboxylic acids is 1. The van der Waals surface area contributed by atoms with Gasteiger partial charge in [-0.25, -0.2) is 0 Å². The number of carbonyl (C=O) groups is 1. The maximum atomic E-state index is 11.3. The first kappa shape index (κ1) is 19.5. The van der Waals surface area contributed by atoms with Crippen molar-refractivity contribution >= 4 is 22.9 Å². The Labute approximate surface area is 162 Å². The monoisotopic (exact) mass is 365 g/mol. The van der Waals surface area contributed by atoms with E-state index in [9.17, 15) is 4.79 Å². The molecule has 0 N–H and O–H groups in total. The zero-order chi connectivity index (χ0) is 19.4. The first-order chi connectivity index (χ1) is 13.0. The van der Waals surface area contributed by atoms with Crippen molar-refractivity contribution in [3.8, 4) is 0 Å². The molecule has 1 amide bonds. The minimum atomic E-state index is 0.188. The summed E-state index contributed by atoms with van der Waals surface area (Å²) in [5.41, 5.74) is 3.24. The molecule has 0 unspecified atom stereocenters. The average molecular weight is 366 g/mol. The van der Waals surface area contributed by atoms with Crippen molar-refractivity contribution in [1.82, 2.24) is 9.55 Å². The first-order valence-corrected chi connectivity index (χ1v) is 10.1. The molecule has 4 nitrogen and oxygen atoms in total. The molecule has 2 aromatic rings. The number of amides is 1. The lowest BCUT2D eigenvalue weighted by atomic mass is 9.84. The van der Waals surface area contributed by atoms with Crippen LogP contribution >= 0.6 is 0 Å². The summed E-state index contributed by atoms with van der Waals surface area (Å²) in [6.45, 7) is 8.83. The van der Waals surface area contributed by atoms with Crippen LogP contribution in [0.15, 0.2) is 35.6 Å². The zero-order valence-electron chi connectivity index (χ0n) is 17.0. The number of fused-ring (bicyclic) bond motifs is 1. The highest BCUT2D eigenvalue weighted by molar-refractivity contribution is 5.84. The summed E-state index contributed by atoms with van der Waals surface area (Å²) in [5.74, 6) is 0.540. The van der Waals surface area contributed by atoms with Crippen molar-refractivity contribution in [2.45, 2.75) is 66.2 Å². The van der Waals surface area contributed by atoms with E-state index in [-0.39, 0.29) is 5.41 Å². The molecule has 0 aliphatic heterocycles. The van der Waals surface area contributed by atoms with Gasteiger partial charge in [-0.15, -0.1) is 0 Å². The second-order valence-electron chi connectivity index (χ2n) is 8.35. The van der Waals surface area contributed by atoms with E-state index < -0.39 is 0 Å². The van der Waals surface area contributed by atoms with E-state index in [1.165, 1.54) is 31.4 Å².